The van der Waals surface area contributed by atoms with Crippen LogP contribution in [0, 0.1) is 0 Å². The molecule has 0 aliphatic rings. The SMILES string of the molecule is C=CC(=O)OCCCCOC(=O)c1ccco1. The number of hydrogen-bond acceptors (Lipinski definition) is 5. The van der Waals surface area contributed by atoms with Gasteiger partial charge in [0.05, 0.1) is 19.5 Å². The van der Waals surface area contributed by atoms with E-state index in [1.165, 1.54) is 12.3 Å². The molecule has 0 atom stereocenters. The van der Waals surface area contributed by atoms with E-state index in [1.807, 2.05) is 0 Å². The molecule has 0 fully saturated rings. The number of carbonyl (C=O) groups excluding carboxylic acids is 2. The van der Waals surface area contributed by atoms with Crippen molar-refractivity contribution in [2.45, 2.75) is 12.8 Å². The lowest BCUT2D eigenvalue weighted by molar-refractivity contribution is -0.137. The molecule has 0 bridgehead atoms. The Morgan fingerprint density at radius 2 is 2.00 bits per heavy atom. The molecular formula is C12H14O5. The fraction of sp³-hybridized carbons (Fsp3) is 0.333. The first kappa shape index (κ1) is 13.0. The highest BCUT2D eigenvalue weighted by atomic mass is 16.5. The average Bonchev–Trinajstić information content (AvgIpc) is 2.86. The molecule has 1 heterocycles. The molecule has 1 aromatic rings. The number of hydrogen-bond donors (Lipinski definition) is 0. The molecule has 1 rings (SSSR count). The van der Waals surface area contributed by atoms with E-state index in [0.29, 0.717) is 19.4 Å². The third kappa shape index (κ3) is 5.01. The van der Waals surface area contributed by atoms with Gasteiger partial charge >= 0.3 is 11.9 Å². The second-order valence-electron chi connectivity index (χ2n) is 3.19. The maximum Gasteiger partial charge on any atom is 0.374 e. The third-order valence-corrected chi connectivity index (χ3v) is 1.91. The highest BCUT2D eigenvalue weighted by Gasteiger charge is 2.08. The number of furan rings is 1. The van der Waals surface area contributed by atoms with Crippen LogP contribution in [0.15, 0.2) is 35.5 Å². The molecule has 0 spiro atoms. The van der Waals surface area contributed by atoms with Crippen LogP contribution in [0.5, 0.6) is 0 Å². The van der Waals surface area contributed by atoms with E-state index in [0.717, 1.165) is 6.08 Å². The van der Waals surface area contributed by atoms with Gasteiger partial charge in [0, 0.05) is 6.08 Å². The molecule has 5 nitrogen and oxygen atoms in total. The maximum atomic E-state index is 11.3. The lowest BCUT2D eigenvalue weighted by Crippen LogP contribution is -2.07. The molecule has 5 heteroatoms. The van der Waals surface area contributed by atoms with Crippen LogP contribution >= 0.6 is 0 Å². The van der Waals surface area contributed by atoms with Crippen LogP contribution in [-0.4, -0.2) is 25.2 Å². The molecule has 0 aromatic carbocycles. The molecular weight excluding hydrogens is 224 g/mol. The molecule has 0 radical (unpaired) electrons. The Hall–Kier alpha value is -2.04. The Morgan fingerprint density at radius 3 is 2.59 bits per heavy atom. The fourth-order valence-electron chi connectivity index (χ4n) is 1.07. The van der Waals surface area contributed by atoms with Crippen LogP contribution in [0.25, 0.3) is 0 Å². The van der Waals surface area contributed by atoms with Gasteiger partial charge in [0.15, 0.2) is 0 Å². The van der Waals surface area contributed by atoms with Gasteiger partial charge in [-0.05, 0) is 25.0 Å². The minimum Gasteiger partial charge on any atom is -0.463 e. The summed E-state index contributed by atoms with van der Waals surface area (Å²) in [5, 5.41) is 0. The molecule has 92 valence electrons. The Kier molecular flexibility index (Phi) is 5.57. The minimum atomic E-state index is -0.488. The van der Waals surface area contributed by atoms with Crippen molar-refractivity contribution in [3.8, 4) is 0 Å². The quantitative estimate of drug-likeness (QED) is 0.412. The van der Waals surface area contributed by atoms with E-state index in [1.54, 1.807) is 6.07 Å². The number of esters is 2. The summed E-state index contributed by atoms with van der Waals surface area (Å²) >= 11 is 0. The van der Waals surface area contributed by atoms with E-state index < -0.39 is 11.9 Å². The normalized spacial score (nSPS) is 9.65. The lowest BCUT2D eigenvalue weighted by Gasteiger charge is -2.03. The van der Waals surface area contributed by atoms with Crippen molar-refractivity contribution in [3.05, 3.63) is 36.8 Å². The zero-order chi connectivity index (χ0) is 12.5. The van der Waals surface area contributed by atoms with Gasteiger partial charge in [0.25, 0.3) is 0 Å². The van der Waals surface area contributed by atoms with Gasteiger partial charge in [0.1, 0.15) is 0 Å². The van der Waals surface area contributed by atoms with E-state index in [9.17, 15) is 9.59 Å². The van der Waals surface area contributed by atoms with Crippen molar-refractivity contribution in [3.63, 3.8) is 0 Å². The van der Waals surface area contributed by atoms with E-state index >= 15 is 0 Å². The van der Waals surface area contributed by atoms with Crippen LogP contribution in [0.4, 0.5) is 0 Å². The smallest absolute Gasteiger partial charge is 0.374 e. The summed E-state index contributed by atoms with van der Waals surface area (Å²) in [6.07, 6.45) is 3.77. The molecule has 0 N–H and O–H groups in total. The van der Waals surface area contributed by atoms with Crippen molar-refractivity contribution in [1.82, 2.24) is 0 Å². The number of unbranched alkanes of at least 4 members (excludes halogenated alkanes) is 1. The summed E-state index contributed by atoms with van der Waals surface area (Å²) in [5.74, 6) is -0.751. The predicted molar refractivity (Wildman–Crippen MR) is 59.4 cm³/mol. The summed E-state index contributed by atoms with van der Waals surface area (Å²) in [5.41, 5.74) is 0. The van der Waals surface area contributed by atoms with Crippen LogP contribution in [0.1, 0.15) is 23.4 Å². The molecule has 0 aliphatic heterocycles. The van der Waals surface area contributed by atoms with Crippen molar-refractivity contribution in [2.75, 3.05) is 13.2 Å². The summed E-state index contributed by atoms with van der Waals surface area (Å²) in [4.78, 5) is 21.9. The van der Waals surface area contributed by atoms with Gasteiger partial charge in [-0.15, -0.1) is 0 Å². The monoisotopic (exact) mass is 238 g/mol. The van der Waals surface area contributed by atoms with Gasteiger partial charge in [-0.3, -0.25) is 0 Å². The molecule has 17 heavy (non-hydrogen) atoms. The Morgan fingerprint density at radius 1 is 1.29 bits per heavy atom. The largest absolute Gasteiger partial charge is 0.463 e. The Bertz CT molecular complexity index is 366. The molecule has 0 amide bonds. The average molecular weight is 238 g/mol. The topological polar surface area (TPSA) is 65.7 Å². The molecule has 1 aromatic heterocycles. The van der Waals surface area contributed by atoms with Crippen LogP contribution < -0.4 is 0 Å². The summed E-state index contributed by atoms with van der Waals surface area (Å²) in [6, 6.07) is 3.15. The Balaban J connectivity index is 2.03. The molecule has 0 unspecified atom stereocenters. The second-order valence-corrected chi connectivity index (χ2v) is 3.19. The first-order valence-corrected chi connectivity index (χ1v) is 5.24. The van der Waals surface area contributed by atoms with Gasteiger partial charge < -0.3 is 13.9 Å². The van der Waals surface area contributed by atoms with Crippen LogP contribution in [0.3, 0.4) is 0 Å². The zero-order valence-corrected chi connectivity index (χ0v) is 9.39. The number of carbonyl (C=O) groups is 2. The predicted octanol–water partition coefficient (Wildman–Crippen LogP) is 1.95. The minimum absolute atomic E-state index is 0.183. The third-order valence-electron chi connectivity index (χ3n) is 1.91. The maximum absolute atomic E-state index is 11.3. The summed E-state index contributed by atoms with van der Waals surface area (Å²) in [7, 11) is 0. The lowest BCUT2D eigenvalue weighted by atomic mass is 10.3. The summed E-state index contributed by atoms with van der Waals surface area (Å²) < 4.78 is 14.5. The standard InChI is InChI=1S/C12H14O5/c1-2-11(13)16-7-3-4-8-17-12(14)10-6-5-9-15-10/h2,5-6,9H,1,3-4,7-8H2. The van der Waals surface area contributed by atoms with Crippen molar-refractivity contribution in [1.29, 1.82) is 0 Å². The van der Waals surface area contributed by atoms with Gasteiger partial charge in [-0.1, -0.05) is 6.58 Å². The van der Waals surface area contributed by atoms with E-state index in [-0.39, 0.29) is 12.4 Å². The molecule has 0 saturated heterocycles. The van der Waals surface area contributed by atoms with Crippen molar-refractivity contribution < 1.29 is 23.5 Å². The van der Waals surface area contributed by atoms with Gasteiger partial charge in [-0.2, -0.15) is 0 Å². The molecule has 0 aliphatic carbocycles. The van der Waals surface area contributed by atoms with Gasteiger partial charge in [-0.25, -0.2) is 9.59 Å². The van der Waals surface area contributed by atoms with Crippen LogP contribution in [-0.2, 0) is 14.3 Å². The van der Waals surface area contributed by atoms with E-state index in [2.05, 4.69) is 6.58 Å². The Labute approximate surface area is 99.0 Å². The van der Waals surface area contributed by atoms with Crippen molar-refractivity contribution in [2.24, 2.45) is 0 Å². The first-order valence-electron chi connectivity index (χ1n) is 5.24. The number of ether oxygens (including phenoxy) is 2. The second kappa shape index (κ2) is 7.27. The first-order chi connectivity index (χ1) is 8.24. The highest BCUT2D eigenvalue weighted by molar-refractivity contribution is 5.86. The number of rotatable bonds is 7. The highest BCUT2D eigenvalue weighted by Crippen LogP contribution is 2.03. The molecule has 0 saturated carbocycles. The summed E-state index contributed by atoms with van der Waals surface area (Å²) in [6.45, 7) is 3.84. The fourth-order valence-corrected chi connectivity index (χ4v) is 1.07. The zero-order valence-electron chi connectivity index (χ0n) is 9.39. The van der Waals surface area contributed by atoms with Crippen molar-refractivity contribution >= 4 is 11.9 Å². The van der Waals surface area contributed by atoms with Crippen LogP contribution in [0.2, 0.25) is 0 Å². The van der Waals surface area contributed by atoms with E-state index in [4.69, 9.17) is 13.9 Å². The van der Waals surface area contributed by atoms with Gasteiger partial charge in [0.2, 0.25) is 5.76 Å².